The van der Waals surface area contributed by atoms with Crippen molar-refractivity contribution < 1.29 is 12.8 Å². The summed E-state index contributed by atoms with van der Waals surface area (Å²) >= 11 is 0. The largest absolute Gasteiger partial charge is 0.264 e. The minimum absolute atomic E-state index is 0.139. The predicted octanol–water partition coefficient (Wildman–Crippen LogP) is 2.20. The summed E-state index contributed by atoms with van der Waals surface area (Å²) in [7, 11) is -4.08. The molecule has 5 nitrogen and oxygen atoms in total. The molecule has 7 heteroatoms. The second-order valence-corrected chi connectivity index (χ2v) is 5.65. The molecule has 0 bridgehead atoms. The first-order valence-corrected chi connectivity index (χ1v) is 7.07. The molecule has 1 aromatic heterocycles. The fourth-order valence-corrected chi connectivity index (χ4v) is 2.86. The summed E-state index contributed by atoms with van der Waals surface area (Å²) in [6.07, 6.45) is 1.43. The van der Waals surface area contributed by atoms with E-state index in [0.717, 1.165) is 6.07 Å². The summed E-state index contributed by atoms with van der Waals surface area (Å²) in [5.41, 5.74) is 0.0968. The van der Waals surface area contributed by atoms with E-state index >= 15 is 0 Å². The smallest absolute Gasteiger partial charge is 0.263 e. The molecule has 102 valence electrons. The molecule has 2 aromatic rings. The number of hydrogen-bond acceptors (Lipinski definition) is 4. The quantitative estimate of drug-likeness (QED) is 0.939. The number of nitrogens with zero attached hydrogens (tertiary/aromatic N) is 2. The maximum Gasteiger partial charge on any atom is 0.264 e. The molecule has 20 heavy (non-hydrogen) atoms. The summed E-state index contributed by atoms with van der Waals surface area (Å²) in [6, 6.07) is 8.33. The molecule has 0 saturated heterocycles. The van der Waals surface area contributed by atoms with Crippen LogP contribution in [0.25, 0.3) is 0 Å². The van der Waals surface area contributed by atoms with Crippen LogP contribution >= 0.6 is 0 Å². The Morgan fingerprint density at radius 1 is 1.30 bits per heavy atom. The second kappa shape index (κ2) is 5.27. The number of aryl methyl sites for hydroxylation is 1. The number of pyridine rings is 1. The molecule has 0 aliphatic rings. The summed E-state index contributed by atoms with van der Waals surface area (Å²) in [5, 5.41) is 8.89. The molecule has 0 atom stereocenters. The Morgan fingerprint density at radius 3 is 2.70 bits per heavy atom. The maximum atomic E-state index is 13.5. The number of rotatable bonds is 3. The number of nitriles is 1. The zero-order valence-corrected chi connectivity index (χ0v) is 11.3. The lowest BCUT2D eigenvalue weighted by molar-refractivity contribution is 0.593. The summed E-state index contributed by atoms with van der Waals surface area (Å²) in [6.45, 7) is 1.68. The van der Waals surface area contributed by atoms with E-state index in [1.807, 2.05) is 0 Å². The van der Waals surface area contributed by atoms with Crippen LogP contribution in [-0.2, 0) is 10.0 Å². The predicted molar refractivity (Wildman–Crippen MR) is 70.9 cm³/mol. The molecular weight excluding hydrogens is 281 g/mol. The number of aromatic nitrogens is 1. The monoisotopic (exact) mass is 291 g/mol. The van der Waals surface area contributed by atoms with E-state index in [0.29, 0.717) is 5.56 Å². The Hall–Kier alpha value is -2.46. The molecule has 1 N–H and O–H groups in total. The molecular formula is C13H10FN3O2S. The summed E-state index contributed by atoms with van der Waals surface area (Å²) in [4.78, 5) is 3.49. The van der Waals surface area contributed by atoms with E-state index in [1.54, 1.807) is 25.1 Å². The van der Waals surface area contributed by atoms with Crippen LogP contribution < -0.4 is 4.72 Å². The molecule has 2 rings (SSSR count). The first-order chi connectivity index (χ1) is 9.45. The number of sulfonamides is 1. The lowest BCUT2D eigenvalue weighted by atomic mass is 10.2. The van der Waals surface area contributed by atoms with Gasteiger partial charge in [0, 0.05) is 6.20 Å². The average molecular weight is 291 g/mol. The molecule has 0 amide bonds. The second-order valence-electron chi connectivity index (χ2n) is 4.00. The Kier molecular flexibility index (Phi) is 3.68. The van der Waals surface area contributed by atoms with Crippen molar-refractivity contribution in [3.05, 3.63) is 53.5 Å². The van der Waals surface area contributed by atoms with Gasteiger partial charge in [0.25, 0.3) is 10.0 Å². The zero-order chi connectivity index (χ0) is 14.8. The Morgan fingerprint density at radius 2 is 2.05 bits per heavy atom. The number of nitrogens with one attached hydrogen (secondary N) is 1. The van der Waals surface area contributed by atoms with Gasteiger partial charge in [0.1, 0.15) is 28.2 Å². The topological polar surface area (TPSA) is 82.8 Å². The van der Waals surface area contributed by atoms with Crippen LogP contribution in [0.2, 0.25) is 0 Å². The van der Waals surface area contributed by atoms with Gasteiger partial charge in [0.15, 0.2) is 0 Å². The molecule has 0 radical (unpaired) electrons. The molecule has 0 fully saturated rings. The lowest BCUT2D eigenvalue weighted by Crippen LogP contribution is -2.16. The minimum atomic E-state index is -4.08. The van der Waals surface area contributed by atoms with Gasteiger partial charge >= 0.3 is 0 Å². The number of halogens is 1. The fourth-order valence-electron chi connectivity index (χ4n) is 1.61. The Bertz CT molecular complexity index is 798. The van der Waals surface area contributed by atoms with Gasteiger partial charge < -0.3 is 0 Å². The number of anilines is 1. The van der Waals surface area contributed by atoms with Crippen molar-refractivity contribution in [3.8, 4) is 6.07 Å². The van der Waals surface area contributed by atoms with E-state index < -0.39 is 26.3 Å². The van der Waals surface area contributed by atoms with Crippen molar-refractivity contribution in [2.75, 3.05) is 4.72 Å². The van der Waals surface area contributed by atoms with Gasteiger partial charge in [-0.15, -0.1) is 0 Å². The highest BCUT2D eigenvalue weighted by Crippen LogP contribution is 2.21. The van der Waals surface area contributed by atoms with E-state index in [1.165, 1.54) is 18.3 Å². The van der Waals surface area contributed by atoms with Crippen LogP contribution in [0.4, 0.5) is 10.2 Å². The molecule has 0 saturated carbocycles. The lowest BCUT2D eigenvalue weighted by Gasteiger charge is -2.10. The van der Waals surface area contributed by atoms with Gasteiger partial charge in [0.2, 0.25) is 0 Å². The van der Waals surface area contributed by atoms with Gasteiger partial charge in [-0.3, -0.25) is 4.72 Å². The highest BCUT2D eigenvalue weighted by atomic mass is 32.2. The first kappa shape index (κ1) is 14.0. The third kappa shape index (κ3) is 2.60. The van der Waals surface area contributed by atoms with Gasteiger partial charge in [-0.25, -0.2) is 17.8 Å². The zero-order valence-electron chi connectivity index (χ0n) is 10.5. The normalized spacial score (nSPS) is 10.8. The van der Waals surface area contributed by atoms with Gasteiger partial charge in [0.05, 0.1) is 0 Å². The summed E-state index contributed by atoms with van der Waals surface area (Å²) in [5.74, 6) is -0.742. The molecule has 1 aromatic carbocycles. The van der Waals surface area contributed by atoms with Crippen molar-refractivity contribution in [2.45, 2.75) is 11.8 Å². The minimum Gasteiger partial charge on any atom is -0.263 e. The van der Waals surface area contributed by atoms with Crippen molar-refractivity contribution >= 4 is 15.8 Å². The van der Waals surface area contributed by atoms with Crippen LogP contribution in [0.1, 0.15) is 11.1 Å². The van der Waals surface area contributed by atoms with Gasteiger partial charge in [-0.2, -0.15) is 5.26 Å². The van der Waals surface area contributed by atoms with E-state index in [4.69, 9.17) is 5.26 Å². The molecule has 0 spiro atoms. The van der Waals surface area contributed by atoms with Crippen LogP contribution in [0, 0.1) is 24.1 Å². The highest BCUT2D eigenvalue weighted by Gasteiger charge is 2.22. The van der Waals surface area contributed by atoms with Crippen LogP contribution in [0.5, 0.6) is 0 Å². The van der Waals surface area contributed by atoms with Crippen LogP contribution in [-0.4, -0.2) is 13.4 Å². The first-order valence-electron chi connectivity index (χ1n) is 5.59. The third-order valence-corrected chi connectivity index (χ3v) is 4.00. The third-order valence-electron chi connectivity index (χ3n) is 2.62. The van der Waals surface area contributed by atoms with Crippen molar-refractivity contribution in [1.82, 2.24) is 4.98 Å². The molecule has 0 aliphatic heterocycles. The molecule has 1 heterocycles. The van der Waals surface area contributed by atoms with Gasteiger partial charge in [-0.1, -0.05) is 12.1 Å². The fraction of sp³-hybridized carbons (Fsp3) is 0.0769. The standard InChI is InChI=1S/C13H10FN3O2S/c1-9-4-3-7-16-13(9)17-20(18,19)12-6-2-5-11(14)10(12)8-15/h2-7H,1H3,(H,16,17). The van der Waals surface area contributed by atoms with E-state index in [2.05, 4.69) is 9.71 Å². The SMILES string of the molecule is Cc1cccnc1NS(=O)(=O)c1cccc(F)c1C#N. The summed E-state index contributed by atoms with van der Waals surface area (Å²) < 4.78 is 40.2. The Balaban J connectivity index is 2.50. The number of benzene rings is 1. The van der Waals surface area contributed by atoms with Crippen LogP contribution in [0.3, 0.4) is 0 Å². The van der Waals surface area contributed by atoms with Gasteiger partial charge in [-0.05, 0) is 30.7 Å². The maximum absolute atomic E-state index is 13.5. The van der Waals surface area contributed by atoms with Crippen LogP contribution in [0.15, 0.2) is 41.4 Å². The highest BCUT2D eigenvalue weighted by molar-refractivity contribution is 7.92. The van der Waals surface area contributed by atoms with Crippen molar-refractivity contribution in [2.24, 2.45) is 0 Å². The van der Waals surface area contributed by atoms with Crippen molar-refractivity contribution in [1.29, 1.82) is 5.26 Å². The molecule has 0 unspecified atom stereocenters. The van der Waals surface area contributed by atoms with E-state index in [-0.39, 0.29) is 5.82 Å². The Labute approximate surface area is 115 Å². The number of hydrogen-bond donors (Lipinski definition) is 1. The van der Waals surface area contributed by atoms with Crippen molar-refractivity contribution in [3.63, 3.8) is 0 Å². The van der Waals surface area contributed by atoms with E-state index in [9.17, 15) is 12.8 Å². The average Bonchev–Trinajstić information content (AvgIpc) is 2.41. The molecule has 0 aliphatic carbocycles.